The van der Waals surface area contributed by atoms with Gasteiger partial charge in [0.05, 0.1) is 22.1 Å². The topological polar surface area (TPSA) is 119 Å². The molecule has 0 aliphatic carbocycles. The Morgan fingerprint density at radius 1 is 1.14 bits per heavy atom. The molecule has 152 valence electrons. The summed E-state index contributed by atoms with van der Waals surface area (Å²) in [7, 11) is -3.97. The Labute approximate surface area is 168 Å². The first-order valence-corrected chi connectivity index (χ1v) is 10.3. The first-order chi connectivity index (χ1) is 13.8. The van der Waals surface area contributed by atoms with Crippen molar-refractivity contribution in [3.8, 4) is 0 Å². The molecule has 0 unspecified atom stereocenters. The first kappa shape index (κ1) is 20.3. The number of aryl methyl sites for hydroxylation is 2. The molecule has 0 atom stereocenters. The summed E-state index contributed by atoms with van der Waals surface area (Å²) in [6.07, 6.45) is 3.43. The van der Waals surface area contributed by atoms with Gasteiger partial charge in [-0.2, -0.15) is 5.10 Å². The molecule has 0 bridgehead atoms. The highest BCUT2D eigenvalue weighted by Crippen LogP contribution is 2.29. The highest BCUT2D eigenvalue weighted by Gasteiger charge is 2.22. The largest absolute Gasteiger partial charge is 0.378 e. The standard InChI is InChI=1S/C19H21N5O4S/c1-14-4-6-17(15(2)12-14)22-29(27,28)16-5-7-18(19(13-16)24(25)26)20-9-11-23-10-3-8-21-23/h3-8,10,12-13,20,22H,9,11H2,1-2H3. The number of sulfonamides is 1. The molecular weight excluding hydrogens is 394 g/mol. The SMILES string of the molecule is Cc1ccc(NS(=O)(=O)c2ccc(NCCn3cccn3)c([N+](=O)[O-])c2)c(C)c1. The Morgan fingerprint density at radius 2 is 1.90 bits per heavy atom. The van der Waals surface area contributed by atoms with Gasteiger partial charge in [-0.3, -0.25) is 19.5 Å². The van der Waals surface area contributed by atoms with Gasteiger partial charge in [0.2, 0.25) is 0 Å². The quantitative estimate of drug-likeness (QED) is 0.430. The molecule has 0 saturated carbocycles. The lowest BCUT2D eigenvalue weighted by Gasteiger charge is -2.12. The average molecular weight is 415 g/mol. The fraction of sp³-hybridized carbons (Fsp3) is 0.211. The van der Waals surface area contributed by atoms with Crippen molar-refractivity contribution in [2.45, 2.75) is 25.3 Å². The van der Waals surface area contributed by atoms with Crippen LogP contribution in [0.4, 0.5) is 17.1 Å². The number of nitro groups is 1. The molecule has 3 rings (SSSR count). The minimum atomic E-state index is -3.97. The van der Waals surface area contributed by atoms with Crippen molar-refractivity contribution in [1.29, 1.82) is 0 Å². The van der Waals surface area contributed by atoms with E-state index in [-0.39, 0.29) is 16.3 Å². The summed E-state index contributed by atoms with van der Waals surface area (Å²) in [6.45, 7) is 4.61. The minimum absolute atomic E-state index is 0.179. The van der Waals surface area contributed by atoms with Crippen molar-refractivity contribution in [3.05, 3.63) is 76.1 Å². The lowest BCUT2D eigenvalue weighted by molar-refractivity contribution is -0.384. The van der Waals surface area contributed by atoms with Crippen LogP contribution in [0, 0.1) is 24.0 Å². The molecule has 0 aliphatic heterocycles. The van der Waals surface area contributed by atoms with Gasteiger partial charge in [-0.25, -0.2) is 8.42 Å². The Kier molecular flexibility index (Phi) is 5.83. The summed E-state index contributed by atoms with van der Waals surface area (Å²) in [5.41, 5.74) is 2.13. The van der Waals surface area contributed by atoms with Gasteiger partial charge in [0, 0.05) is 25.0 Å². The Hall–Kier alpha value is -3.40. The second-order valence-corrected chi connectivity index (χ2v) is 8.24. The van der Waals surface area contributed by atoms with E-state index >= 15 is 0 Å². The second-order valence-electron chi connectivity index (χ2n) is 6.56. The van der Waals surface area contributed by atoms with Crippen molar-refractivity contribution in [2.75, 3.05) is 16.6 Å². The van der Waals surface area contributed by atoms with Gasteiger partial charge in [0.1, 0.15) is 5.69 Å². The van der Waals surface area contributed by atoms with E-state index in [2.05, 4.69) is 15.1 Å². The number of nitrogens with one attached hydrogen (secondary N) is 2. The molecule has 2 aromatic carbocycles. The number of hydrogen-bond acceptors (Lipinski definition) is 6. The number of benzene rings is 2. The zero-order chi connectivity index (χ0) is 21.0. The third-order valence-electron chi connectivity index (χ3n) is 4.32. The fourth-order valence-corrected chi connectivity index (χ4v) is 4.00. The van der Waals surface area contributed by atoms with Gasteiger partial charge in [-0.1, -0.05) is 17.7 Å². The van der Waals surface area contributed by atoms with Crippen LogP contribution in [0.3, 0.4) is 0 Å². The van der Waals surface area contributed by atoms with E-state index < -0.39 is 14.9 Å². The summed E-state index contributed by atoms with van der Waals surface area (Å²) >= 11 is 0. The van der Waals surface area contributed by atoms with E-state index in [1.54, 1.807) is 42.2 Å². The molecular formula is C19H21N5O4S. The fourth-order valence-electron chi connectivity index (χ4n) is 2.85. The Morgan fingerprint density at radius 3 is 2.55 bits per heavy atom. The van der Waals surface area contributed by atoms with Crippen LogP contribution in [0.15, 0.2) is 59.8 Å². The lowest BCUT2D eigenvalue weighted by atomic mass is 10.1. The number of nitrogens with zero attached hydrogens (tertiary/aromatic N) is 3. The van der Waals surface area contributed by atoms with Crippen LogP contribution < -0.4 is 10.0 Å². The molecule has 0 amide bonds. The predicted octanol–water partition coefficient (Wildman–Crippen LogP) is 3.32. The van der Waals surface area contributed by atoms with E-state index in [4.69, 9.17) is 0 Å². The molecule has 10 heteroatoms. The van der Waals surface area contributed by atoms with E-state index in [1.165, 1.54) is 12.1 Å². The van der Waals surface area contributed by atoms with Crippen molar-refractivity contribution in [1.82, 2.24) is 9.78 Å². The molecule has 1 aromatic heterocycles. The van der Waals surface area contributed by atoms with E-state index in [1.807, 2.05) is 13.0 Å². The van der Waals surface area contributed by atoms with Crippen LogP contribution in [0.1, 0.15) is 11.1 Å². The first-order valence-electron chi connectivity index (χ1n) is 8.86. The zero-order valence-corrected chi connectivity index (χ0v) is 16.8. The highest BCUT2D eigenvalue weighted by atomic mass is 32.2. The summed E-state index contributed by atoms with van der Waals surface area (Å²) in [5.74, 6) is 0. The summed E-state index contributed by atoms with van der Waals surface area (Å²) in [5, 5.41) is 18.5. The van der Waals surface area contributed by atoms with Crippen molar-refractivity contribution >= 4 is 27.1 Å². The summed E-state index contributed by atoms with van der Waals surface area (Å²) in [6, 6.07) is 10.9. The summed E-state index contributed by atoms with van der Waals surface area (Å²) in [4.78, 5) is 10.7. The van der Waals surface area contributed by atoms with Crippen LogP contribution >= 0.6 is 0 Å². The average Bonchev–Trinajstić information content (AvgIpc) is 3.17. The number of hydrogen-bond donors (Lipinski definition) is 2. The van der Waals surface area contributed by atoms with Crippen molar-refractivity contribution in [2.24, 2.45) is 0 Å². The monoisotopic (exact) mass is 415 g/mol. The maximum atomic E-state index is 12.7. The molecule has 0 radical (unpaired) electrons. The normalized spacial score (nSPS) is 11.2. The van der Waals surface area contributed by atoms with E-state index in [0.29, 0.717) is 18.8 Å². The van der Waals surface area contributed by atoms with Gasteiger partial charge >= 0.3 is 0 Å². The van der Waals surface area contributed by atoms with Crippen LogP contribution in [0.2, 0.25) is 0 Å². The van der Waals surface area contributed by atoms with E-state index in [0.717, 1.165) is 17.2 Å². The molecule has 0 saturated heterocycles. The Balaban J connectivity index is 1.81. The third kappa shape index (κ3) is 4.91. The highest BCUT2D eigenvalue weighted by molar-refractivity contribution is 7.92. The number of rotatable bonds is 8. The van der Waals surface area contributed by atoms with Gasteiger partial charge < -0.3 is 5.32 Å². The molecule has 1 heterocycles. The van der Waals surface area contributed by atoms with Crippen LogP contribution in [-0.2, 0) is 16.6 Å². The van der Waals surface area contributed by atoms with Gasteiger partial charge in [0.25, 0.3) is 15.7 Å². The molecule has 2 N–H and O–H groups in total. The van der Waals surface area contributed by atoms with Crippen LogP contribution in [0.5, 0.6) is 0 Å². The number of nitro benzene ring substituents is 1. The van der Waals surface area contributed by atoms with Crippen LogP contribution in [0.25, 0.3) is 0 Å². The predicted molar refractivity (Wildman–Crippen MR) is 111 cm³/mol. The maximum absolute atomic E-state index is 12.7. The van der Waals surface area contributed by atoms with Gasteiger partial charge in [0.15, 0.2) is 0 Å². The second kappa shape index (κ2) is 8.31. The zero-order valence-electron chi connectivity index (χ0n) is 16.0. The van der Waals surface area contributed by atoms with Gasteiger partial charge in [-0.15, -0.1) is 0 Å². The van der Waals surface area contributed by atoms with E-state index in [9.17, 15) is 18.5 Å². The molecule has 29 heavy (non-hydrogen) atoms. The molecule has 0 fully saturated rings. The maximum Gasteiger partial charge on any atom is 0.293 e. The number of anilines is 2. The molecule has 0 aliphatic rings. The molecule has 3 aromatic rings. The minimum Gasteiger partial charge on any atom is -0.378 e. The number of aromatic nitrogens is 2. The summed E-state index contributed by atoms with van der Waals surface area (Å²) < 4.78 is 29.6. The van der Waals surface area contributed by atoms with Crippen molar-refractivity contribution < 1.29 is 13.3 Å². The molecule has 9 nitrogen and oxygen atoms in total. The smallest absolute Gasteiger partial charge is 0.293 e. The Bertz CT molecular complexity index is 1130. The lowest BCUT2D eigenvalue weighted by Crippen LogP contribution is -2.15. The van der Waals surface area contributed by atoms with Gasteiger partial charge in [-0.05, 0) is 43.7 Å². The van der Waals surface area contributed by atoms with Crippen molar-refractivity contribution in [3.63, 3.8) is 0 Å². The van der Waals surface area contributed by atoms with Crippen LogP contribution in [-0.4, -0.2) is 29.7 Å². The third-order valence-corrected chi connectivity index (χ3v) is 5.68. The molecule has 0 spiro atoms.